The van der Waals surface area contributed by atoms with E-state index < -0.39 is 14.2 Å². The van der Waals surface area contributed by atoms with E-state index in [4.69, 9.17) is 0 Å². The molecule has 0 bridgehead atoms. The van der Waals surface area contributed by atoms with Gasteiger partial charge in [0.2, 0.25) is 0 Å². The Morgan fingerprint density at radius 2 is 1.53 bits per heavy atom. The highest BCUT2D eigenvalue weighted by Crippen LogP contribution is 2.29. The van der Waals surface area contributed by atoms with Gasteiger partial charge in [0.1, 0.15) is 14.2 Å². The zero-order valence-corrected chi connectivity index (χ0v) is 14.9. The first-order chi connectivity index (χ1) is 7.04. The van der Waals surface area contributed by atoms with Gasteiger partial charge in [0.15, 0.2) is 0 Å². The highest BCUT2D eigenvalue weighted by molar-refractivity contribution is 8.47. The first kappa shape index (κ1) is 16.1. The summed E-state index contributed by atoms with van der Waals surface area (Å²) in [7, 11) is -0.467. The van der Waals surface area contributed by atoms with Crippen molar-refractivity contribution in [2.75, 3.05) is 11.5 Å². The molecule has 0 N–H and O–H groups in total. The lowest BCUT2D eigenvalue weighted by molar-refractivity contribution is 0.898. The van der Waals surface area contributed by atoms with Gasteiger partial charge in [-0.1, -0.05) is 46.3 Å². The maximum Gasteiger partial charge on any atom is 0.111 e. The summed E-state index contributed by atoms with van der Waals surface area (Å²) < 4.78 is 0. The second kappa shape index (κ2) is 9.19. The summed E-state index contributed by atoms with van der Waals surface area (Å²) in [5.41, 5.74) is 0. The van der Waals surface area contributed by atoms with Gasteiger partial charge in [-0.3, -0.25) is 0 Å². The quantitative estimate of drug-likeness (QED) is 0.444. The van der Waals surface area contributed by atoms with Crippen molar-refractivity contribution in [3.05, 3.63) is 0 Å². The third-order valence-corrected chi connectivity index (χ3v) is 30.8. The molecule has 0 saturated heterocycles. The van der Waals surface area contributed by atoms with Crippen LogP contribution in [-0.2, 0) is 0 Å². The predicted molar refractivity (Wildman–Crippen MR) is 85.2 cm³/mol. The van der Waals surface area contributed by atoms with Crippen LogP contribution in [0.1, 0.15) is 39.5 Å². The lowest BCUT2D eigenvalue weighted by Crippen LogP contribution is -2.38. The average Bonchev–Trinajstić information content (AvgIpc) is 2.18. The smallest absolute Gasteiger partial charge is 0.111 e. The third-order valence-electron chi connectivity index (χ3n) is 2.82. The number of unbranched alkanes of at least 4 members (excludes halogenated alkanes) is 2. The molecule has 0 aromatic carbocycles. The Balaban J connectivity index is 3.74. The fourth-order valence-corrected chi connectivity index (χ4v) is 20.6. The van der Waals surface area contributed by atoms with Crippen LogP contribution in [-0.4, -0.2) is 25.7 Å². The van der Waals surface area contributed by atoms with Crippen LogP contribution in [0.5, 0.6) is 0 Å². The fraction of sp³-hybridized carbons (Fsp3) is 1.00. The highest BCUT2D eigenvalue weighted by Gasteiger charge is 2.30. The Morgan fingerprint density at radius 1 is 1.00 bits per heavy atom. The molecule has 0 nitrogen and oxygen atoms in total. The second-order valence-electron chi connectivity index (χ2n) is 4.67. The van der Waals surface area contributed by atoms with Crippen LogP contribution in [0.3, 0.4) is 0 Å². The largest absolute Gasteiger partial charge is 0.192 e. The number of rotatable bonds is 9. The predicted octanol–water partition coefficient (Wildman–Crippen LogP) is 4.69. The van der Waals surface area contributed by atoms with E-state index in [0.717, 1.165) is 0 Å². The van der Waals surface area contributed by atoms with Gasteiger partial charge < -0.3 is 0 Å². The van der Waals surface area contributed by atoms with Gasteiger partial charge in [-0.2, -0.15) is 22.4 Å². The summed E-state index contributed by atoms with van der Waals surface area (Å²) in [4.78, 5) is 0. The van der Waals surface area contributed by atoms with Crippen molar-refractivity contribution in [1.29, 1.82) is 0 Å². The molecule has 0 aliphatic rings. The Labute approximate surface area is 107 Å². The minimum absolute atomic E-state index is 0.467. The zero-order chi connectivity index (χ0) is 11.7. The maximum atomic E-state index is 2.60. The van der Waals surface area contributed by atoms with Crippen molar-refractivity contribution < 1.29 is 0 Å². The van der Waals surface area contributed by atoms with Gasteiger partial charge in [-0.25, -0.2) is 0 Å². The molecule has 0 aliphatic carbocycles. The number of hydrogen-bond donors (Lipinski definition) is 0. The van der Waals surface area contributed by atoms with E-state index in [1.807, 2.05) is 0 Å². The normalized spacial score (nSPS) is 14.2. The summed E-state index contributed by atoms with van der Waals surface area (Å²) in [5.74, 6) is 2.84. The van der Waals surface area contributed by atoms with E-state index in [-0.39, 0.29) is 0 Å². The fourth-order valence-electron chi connectivity index (χ4n) is 1.20. The summed E-state index contributed by atoms with van der Waals surface area (Å²) >= 11 is 4.69. The van der Waals surface area contributed by atoms with E-state index in [2.05, 4.69) is 55.9 Å². The first-order valence-corrected chi connectivity index (χ1v) is 16.4. The molecular formula is C11H28S2Si2. The van der Waals surface area contributed by atoms with E-state index in [1.165, 1.54) is 37.2 Å². The SMILES string of the molecule is CCCCS[SiH](C)[Si](C)(C)SCCCC. The third kappa shape index (κ3) is 7.94. The van der Waals surface area contributed by atoms with Crippen LogP contribution in [0.2, 0.25) is 19.6 Å². The van der Waals surface area contributed by atoms with E-state index in [1.54, 1.807) is 0 Å². The molecule has 0 rings (SSSR count). The molecule has 0 radical (unpaired) electrons. The highest BCUT2D eigenvalue weighted by atomic mass is 32.4. The molecule has 0 fully saturated rings. The first-order valence-electron chi connectivity index (χ1n) is 6.30. The van der Waals surface area contributed by atoms with Crippen molar-refractivity contribution in [2.24, 2.45) is 0 Å². The Bertz CT molecular complexity index is 152. The van der Waals surface area contributed by atoms with Crippen LogP contribution in [0, 0.1) is 0 Å². The van der Waals surface area contributed by atoms with Crippen molar-refractivity contribution in [2.45, 2.75) is 59.2 Å². The molecule has 0 amide bonds. The molecule has 15 heavy (non-hydrogen) atoms. The Morgan fingerprint density at radius 3 is 2.07 bits per heavy atom. The molecule has 4 heteroatoms. The van der Waals surface area contributed by atoms with Crippen LogP contribution in [0.15, 0.2) is 0 Å². The van der Waals surface area contributed by atoms with Gasteiger partial charge in [0, 0.05) is 0 Å². The average molecular weight is 281 g/mol. The molecule has 1 atom stereocenters. The van der Waals surface area contributed by atoms with Crippen LogP contribution < -0.4 is 0 Å². The van der Waals surface area contributed by atoms with Gasteiger partial charge in [0.05, 0.1) is 0 Å². The van der Waals surface area contributed by atoms with E-state index in [0.29, 0.717) is 0 Å². The van der Waals surface area contributed by atoms with Gasteiger partial charge in [0.25, 0.3) is 0 Å². The van der Waals surface area contributed by atoms with E-state index in [9.17, 15) is 0 Å². The van der Waals surface area contributed by atoms with E-state index >= 15 is 0 Å². The molecule has 0 saturated carbocycles. The molecule has 0 aromatic heterocycles. The summed E-state index contributed by atoms with van der Waals surface area (Å²) in [5, 5.41) is 0. The molecule has 1 unspecified atom stereocenters. The standard InChI is InChI=1S/C11H28S2Si2/c1-6-8-10-12-14(3)15(4,5)13-11-9-7-2/h14H,6-11H2,1-5H3. The minimum Gasteiger partial charge on any atom is -0.192 e. The summed E-state index contributed by atoms with van der Waals surface area (Å²) in [6.45, 7) is 11.5. The van der Waals surface area contributed by atoms with Crippen LogP contribution in [0.4, 0.5) is 0 Å². The minimum atomic E-state index is -0.875. The molecule has 0 heterocycles. The summed E-state index contributed by atoms with van der Waals surface area (Å²) in [6.07, 6.45) is 5.56. The van der Waals surface area contributed by atoms with Gasteiger partial charge in [-0.15, -0.1) is 0 Å². The molecular weight excluding hydrogens is 252 g/mol. The van der Waals surface area contributed by atoms with Crippen LogP contribution >= 0.6 is 22.4 Å². The van der Waals surface area contributed by atoms with Gasteiger partial charge in [-0.05, 0) is 24.3 Å². The Hall–Kier alpha value is 1.13. The monoisotopic (exact) mass is 280 g/mol. The number of hydrogen-bond acceptors (Lipinski definition) is 2. The maximum absolute atomic E-state index is 2.60. The van der Waals surface area contributed by atoms with Gasteiger partial charge >= 0.3 is 0 Å². The molecule has 0 spiro atoms. The lowest BCUT2D eigenvalue weighted by atomic mass is 10.4. The summed E-state index contributed by atoms with van der Waals surface area (Å²) in [6, 6.07) is 0. The Kier molecular flexibility index (Phi) is 9.89. The second-order valence-corrected chi connectivity index (χ2v) is 27.2. The zero-order valence-electron chi connectivity index (χ0n) is 11.1. The van der Waals surface area contributed by atoms with Crippen molar-refractivity contribution >= 4 is 36.6 Å². The van der Waals surface area contributed by atoms with Crippen molar-refractivity contribution in [1.82, 2.24) is 0 Å². The van der Waals surface area contributed by atoms with Crippen molar-refractivity contribution in [3.63, 3.8) is 0 Å². The lowest BCUT2D eigenvalue weighted by Gasteiger charge is -2.27. The molecule has 92 valence electrons. The topological polar surface area (TPSA) is 0 Å². The molecule has 0 aliphatic heterocycles. The molecule has 0 aromatic rings. The van der Waals surface area contributed by atoms with Crippen molar-refractivity contribution in [3.8, 4) is 0 Å². The van der Waals surface area contributed by atoms with Crippen LogP contribution in [0.25, 0.3) is 0 Å².